The van der Waals surface area contributed by atoms with Gasteiger partial charge in [-0.05, 0) is 89.4 Å². The van der Waals surface area contributed by atoms with Gasteiger partial charge in [0, 0.05) is 24.8 Å². The number of nitrogens with zero attached hydrogens (tertiary/aromatic N) is 1. The monoisotopic (exact) mass is 659 g/mol. The Bertz CT molecular complexity index is 1290. The molecule has 2 aromatic carbocycles. The molecule has 2 aliphatic rings. The molecule has 0 spiro atoms. The normalized spacial score (nSPS) is 13.7. The van der Waals surface area contributed by atoms with E-state index >= 15 is 0 Å². The van der Waals surface area contributed by atoms with E-state index in [0.717, 1.165) is 38.5 Å². The van der Waals surface area contributed by atoms with Crippen molar-refractivity contribution in [3.05, 3.63) is 88.6 Å². The number of nitrogens with two attached hydrogens (primary N) is 2. The van der Waals surface area contributed by atoms with Gasteiger partial charge in [-0.1, -0.05) is 163 Å². The molecule has 3 heteroatoms. The third-order valence-corrected chi connectivity index (χ3v) is 7.58. The SMILES string of the molecule is C.CC(C)(C)CC1=CCC=N1.CC(C)(C)CC1=CCc2ccccc21.CC(C)(C)CCCCC(N)=[NH2+].Cc1ccc(CC(C)(C)C)cc1. The molecule has 0 unspecified atom stereocenters. The van der Waals surface area contributed by atoms with Crippen molar-refractivity contribution in [2.24, 2.45) is 32.4 Å². The van der Waals surface area contributed by atoms with Crippen molar-refractivity contribution in [2.75, 3.05) is 0 Å². The van der Waals surface area contributed by atoms with E-state index in [1.165, 1.54) is 52.8 Å². The molecule has 270 valence electrons. The standard InChI is InChI=1S/C14H18.C12H18.C9H20N2.C9H15N.CH4/c1-14(2,3)10-12-9-8-11-6-4-5-7-13(11)12;1-10-5-7-11(8-6-10)9-12(2,3)4;1-9(2,3)7-5-4-6-8(10)11;1-9(2,3)7-8-5-4-6-10-8;/h4-7,9H,8,10H2,1-3H3;5-8H,9H2,1-4H3;4-7H2,1-3H3,(H3,10,11);5-6H,4,7H2,1-3H3;1H4/p+1. The van der Waals surface area contributed by atoms with Crippen LogP contribution in [0.15, 0.2) is 71.4 Å². The molecule has 2 aromatic rings. The summed E-state index contributed by atoms with van der Waals surface area (Å²) in [5.74, 6) is 0.568. The van der Waals surface area contributed by atoms with E-state index in [9.17, 15) is 0 Å². The number of fused-ring (bicyclic) bond motifs is 1. The maximum atomic E-state index is 5.34. The number of benzene rings is 2. The van der Waals surface area contributed by atoms with Gasteiger partial charge in [0.1, 0.15) is 0 Å². The van der Waals surface area contributed by atoms with Gasteiger partial charge in [0.05, 0.1) is 0 Å². The van der Waals surface area contributed by atoms with Crippen molar-refractivity contribution >= 4 is 17.6 Å². The average Bonchev–Trinajstić information content (AvgIpc) is 3.56. The fourth-order valence-electron chi connectivity index (χ4n) is 5.47. The average molecular weight is 659 g/mol. The lowest BCUT2D eigenvalue weighted by Gasteiger charge is -2.19. The Morgan fingerprint density at radius 1 is 0.708 bits per heavy atom. The zero-order chi connectivity index (χ0) is 35.9. The van der Waals surface area contributed by atoms with Crippen LogP contribution in [0.1, 0.15) is 158 Å². The summed E-state index contributed by atoms with van der Waals surface area (Å²) >= 11 is 0. The third-order valence-electron chi connectivity index (χ3n) is 7.58. The second kappa shape index (κ2) is 20.5. The van der Waals surface area contributed by atoms with Gasteiger partial charge >= 0.3 is 0 Å². The molecule has 0 atom stereocenters. The van der Waals surface area contributed by atoms with E-state index in [-0.39, 0.29) is 7.43 Å². The summed E-state index contributed by atoms with van der Waals surface area (Å²) in [7, 11) is 0. The molecule has 0 aromatic heterocycles. The minimum absolute atomic E-state index is 0. The van der Waals surface area contributed by atoms with E-state index in [4.69, 9.17) is 11.1 Å². The first kappa shape index (κ1) is 45.1. The number of unbranched alkanes of at least 4 members (excludes halogenated alkanes) is 1. The first-order chi connectivity index (χ1) is 21.5. The third kappa shape index (κ3) is 23.4. The van der Waals surface area contributed by atoms with Crippen LogP contribution in [-0.2, 0) is 12.8 Å². The molecule has 0 fully saturated rings. The quantitative estimate of drug-likeness (QED) is 0.173. The van der Waals surface area contributed by atoms with E-state index in [2.05, 4.69) is 156 Å². The molecule has 0 amide bonds. The lowest BCUT2D eigenvalue weighted by atomic mass is 9.86. The van der Waals surface area contributed by atoms with Crippen LogP contribution in [0.2, 0.25) is 0 Å². The van der Waals surface area contributed by atoms with Crippen molar-refractivity contribution in [2.45, 2.75) is 155 Å². The minimum Gasteiger partial charge on any atom is -0.291 e. The largest absolute Gasteiger partial charge is 0.291 e. The summed E-state index contributed by atoms with van der Waals surface area (Å²) in [4.78, 5) is 4.26. The molecule has 3 nitrogen and oxygen atoms in total. The molecule has 0 radical (unpaired) electrons. The zero-order valence-electron chi connectivity index (χ0n) is 32.8. The lowest BCUT2D eigenvalue weighted by Crippen LogP contribution is -2.45. The van der Waals surface area contributed by atoms with Gasteiger partial charge in [0.15, 0.2) is 0 Å². The zero-order valence-corrected chi connectivity index (χ0v) is 32.8. The summed E-state index contributed by atoms with van der Waals surface area (Å²) in [5.41, 5.74) is 15.5. The molecule has 4 rings (SSSR count). The summed E-state index contributed by atoms with van der Waals surface area (Å²) in [6.07, 6.45) is 16.6. The van der Waals surface area contributed by atoms with E-state index in [0.29, 0.717) is 27.5 Å². The van der Waals surface area contributed by atoms with Gasteiger partial charge in [-0.15, -0.1) is 0 Å². The van der Waals surface area contributed by atoms with Crippen LogP contribution in [-0.4, -0.2) is 12.1 Å². The van der Waals surface area contributed by atoms with Crippen molar-refractivity contribution < 1.29 is 5.41 Å². The first-order valence-corrected chi connectivity index (χ1v) is 17.9. The summed E-state index contributed by atoms with van der Waals surface area (Å²) in [5, 5.41) is 5.34. The minimum atomic E-state index is 0. The molecule has 0 saturated heterocycles. The smallest absolute Gasteiger partial charge is 0.238 e. The molecule has 0 saturated carbocycles. The van der Waals surface area contributed by atoms with Gasteiger partial charge in [-0.2, -0.15) is 0 Å². The number of hydrogen-bond acceptors (Lipinski definition) is 1. The van der Waals surface area contributed by atoms with Crippen LogP contribution in [0.4, 0.5) is 0 Å². The summed E-state index contributed by atoms with van der Waals surface area (Å²) < 4.78 is 0. The van der Waals surface area contributed by atoms with E-state index in [1.54, 1.807) is 0 Å². The molecule has 1 aliphatic heterocycles. The Balaban J connectivity index is 0.000000615. The van der Waals surface area contributed by atoms with Gasteiger partial charge in [-0.3, -0.25) is 16.1 Å². The van der Waals surface area contributed by atoms with Crippen LogP contribution in [0.25, 0.3) is 5.57 Å². The Labute approximate surface area is 298 Å². The highest BCUT2D eigenvalue weighted by atomic mass is 14.7. The fraction of sp³-hybridized carbons (Fsp3) is 0.600. The fourth-order valence-corrected chi connectivity index (χ4v) is 5.47. The van der Waals surface area contributed by atoms with Gasteiger partial charge in [0.2, 0.25) is 5.84 Å². The second-order valence-electron chi connectivity index (χ2n) is 18.4. The Morgan fingerprint density at radius 2 is 1.27 bits per heavy atom. The second-order valence-corrected chi connectivity index (χ2v) is 18.4. The molecule has 1 aliphatic carbocycles. The van der Waals surface area contributed by atoms with Crippen LogP contribution < -0.4 is 11.1 Å². The van der Waals surface area contributed by atoms with Crippen molar-refractivity contribution in [3.8, 4) is 0 Å². The van der Waals surface area contributed by atoms with Crippen LogP contribution in [0.5, 0.6) is 0 Å². The predicted molar refractivity (Wildman–Crippen MR) is 218 cm³/mol. The van der Waals surface area contributed by atoms with E-state index < -0.39 is 0 Å². The number of hydrogen-bond donors (Lipinski definition) is 2. The topological polar surface area (TPSA) is 64.0 Å². The maximum absolute atomic E-state index is 5.34. The molecule has 1 heterocycles. The number of aliphatic imine (C=N–C) groups is 1. The number of aryl methyl sites for hydroxylation is 1. The molecule has 0 bridgehead atoms. The van der Waals surface area contributed by atoms with E-state index in [1.807, 2.05) is 6.21 Å². The van der Waals surface area contributed by atoms with Gasteiger partial charge in [0.25, 0.3) is 0 Å². The Morgan fingerprint density at radius 3 is 1.75 bits per heavy atom. The lowest BCUT2D eigenvalue weighted by molar-refractivity contribution is -0.118. The van der Waals surface area contributed by atoms with Crippen molar-refractivity contribution in [1.29, 1.82) is 0 Å². The van der Waals surface area contributed by atoms with Crippen molar-refractivity contribution in [1.82, 2.24) is 0 Å². The Hall–Kier alpha value is -2.94. The predicted octanol–water partition coefficient (Wildman–Crippen LogP) is 11.8. The van der Waals surface area contributed by atoms with Gasteiger partial charge in [-0.25, -0.2) is 0 Å². The summed E-state index contributed by atoms with van der Waals surface area (Å²) in [6.45, 7) is 29.3. The first-order valence-electron chi connectivity index (χ1n) is 17.9. The number of rotatable bonds is 7. The molecular weight excluding hydrogens is 583 g/mol. The molecule has 48 heavy (non-hydrogen) atoms. The molecule has 4 N–H and O–H groups in total. The highest BCUT2D eigenvalue weighted by Crippen LogP contribution is 2.36. The van der Waals surface area contributed by atoms with Crippen LogP contribution in [0, 0.1) is 28.6 Å². The Kier molecular flexibility index (Phi) is 19.3. The van der Waals surface area contributed by atoms with Gasteiger partial charge < -0.3 is 0 Å². The molecular formula is C45H76N3+. The van der Waals surface area contributed by atoms with Crippen molar-refractivity contribution in [3.63, 3.8) is 0 Å². The summed E-state index contributed by atoms with van der Waals surface area (Å²) in [6, 6.07) is 17.6. The number of amidine groups is 1. The van der Waals surface area contributed by atoms with Crippen LogP contribution in [0.3, 0.4) is 0 Å². The maximum Gasteiger partial charge on any atom is 0.238 e. The highest BCUT2D eigenvalue weighted by molar-refractivity contribution is 5.74. The van der Waals surface area contributed by atoms with Crippen LogP contribution >= 0.6 is 0 Å². The highest BCUT2D eigenvalue weighted by Gasteiger charge is 2.19. The number of allylic oxidation sites excluding steroid dienone is 4.